The number of hydrogen-bond acceptors (Lipinski definition) is 4. The molecule has 5 heteroatoms. The maximum atomic E-state index is 12.2. The van der Waals surface area contributed by atoms with Crippen molar-refractivity contribution in [1.29, 1.82) is 0 Å². The molecule has 1 fully saturated rings. The van der Waals surface area contributed by atoms with Gasteiger partial charge in [0.25, 0.3) is 0 Å². The largest absolute Gasteiger partial charge is 0.467 e. The molecule has 1 aliphatic rings. The Morgan fingerprint density at radius 3 is 2.61 bits per heavy atom. The number of amides is 1. The zero-order valence-corrected chi connectivity index (χ0v) is 11.4. The van der Waals surface area contributed by atoms with Gasteiger partial charge in [-0.2, -0.15) is 0 Å². The Morgan fingerprint density at radius 1 is 1.44 bits per heavy atom. The van der Waals surface area contributed by atoms with Crippen LogP contribution in [0.3, 0.4) is 0 Å². The Hall–Kier alpha value is -1.10. The van der Waals surface area contributed by atoms with Crippen LogP contribution in [0.1, 0.15) is 39.5 Å². The summed E-state index contributed by atoms with van der Waals surface area (Å²) in [6.07, 6.45) is 4.01. The van der Waals surface area contributed by atoms with Crippen molar-refractivity contribution in [2.75, 3.05) is 13.7 Å². The van der Waals surface area contributed by atoms with Crippen molar-refractivity contribution in [1.82, 2.24) is 5.32 Å². The summed E-state index contributed by atoms with van der Waals surface area (Å²) in [6.45, 7) is 3.70. The van der Waals surface area contributed by atoms with Gasteiger partial charge in [-0.25, -0.2) is 4.79 Å². The first kappa shape index (κ1) is 15.0. The Bertz CT molecular complexity index is 314. The molecule has 104 valence electrons. The summed E-state index contributed by atoms with van der Waals surface area (Å²) in [5, 5.41) is 11.7. The monoisotopic (exact) mass is 257 g/mol. The SMILES string of the molecule is COC(=O)C(CO)NC(=O)C1CCCCC1(C)C. The van der Waals surface area contributed by atoms with E-state index >= 15 is 0 Å². The van der Waals surface area contributed by atoms with E-state index in [1.807, 2.05) is 0 Å². The second-order valence-electron chi connectivity index (χ2n) is 5.55. The third kappa shape index (κ3) is 3.45. The smallest absolute Gasteiger partial charge is 0.330 e. The molecule has 1 saturated carbocycles. The van der Waals surface area contributed by atoms with Crippen molar-refractivity contribution in [3.63, 3.8) is 0 Å². The molecule has 0 spiro atoms. The van der Waals surface area contributed by atoms with E-state index in [0.29, 0.717) is 0 Å². The highest BCUT2D eigenvalue weighted by atomic mass is 16.5. The van der Waals surface area contributed by atoms with Gasteiger partial charge in [0.2, 0.25) is 5.91 Å². The van der Waals surface area contributed by atoms with Gasteiger partial charge in [0, 0.05) is 5.92 Å². The van der Waals surface area contributed by atoms with Gasteiger partial charge in [0.1, 0.15) is 0 Å². The van der Waals surface area contributed by atoms with Gasteiger partial charge in [-0.05, 0) is 18.3 Å². The number of esters is 1. The number of nitrogens with one attached hydrogen (secondary N) is 1. The number of aliphatic hydroxyl groups excluding tert-OH is 1. The van der Waals surface area contributed by atoms with E-state index in [0.717, 1.165) is 25.7 Å². The normalized spacial score (nSPS) is 24.1. The molecule has 0 saturated heterocycles. The van der Waals surface area contributed by atoms with E-state index in [1.165, 1.54) is 7.11 Å². The number of carbonyl (C=O) groups excluding carboxylic acids is 2. The van der Waals surface area contributed by atoms with Crippen molar-refractivity contribution >= 4 is 11.9 Å². The summed E-state index contributed by atoms with van der Waals surface area (Å²) in [7, 11) is 1.24. The lowest BCUT2D eigenvalue weighted by Gasteiger charge is -2.37. The molecular weight excluding hydrogens is 234 g/mol. The van der Waals surface area contributed by atoms with E-state index in [-0.39, 0.29) is 17.2 Å². The lowest BCUT2D eigenvalue weighted by Crippen LogP contribution is -2.49. The number of aliphatic hydroxyl groups is 1. The second-order valence-corrected chi connectivity index (χ2v) is 5.55. The predicted octanol–water partition coefficient (Wildman–Crippen LogP) is 0.853. The minimum Gasteiger partial charge on any atom is -0.467 e. The van der Waals surface area contributed by atoms with Crippen molar-refractivity contribution in [2.45, 2.75) is 45.6 Å². The first-order valence-electron chi connectivity index (χ1n) is 6.41. The number of methoxy groups -OCH3 is 1. The van der Waals surface area contributed by atoms with E-state index in [1.54, 1.807) is 0 Å². The van der Waals surface area contributed by atoms with Gasteiger partial charge in [-0.3, -0.25) is 4.79 Å². The highest BCUT2D eigenvalue weighted by molar-refractivity contribution is 5.86. The van der Waals surface area contributed by atoms with Crippen LogP contribution in [0, 0.1) is 11.3 Å². The number of ether oxygens (including phenoxy) is 1. The van der Waals surface area contributed by atoms with E-state index in [9.17, 15) is 9.59 Å². The fourth-order valence-corrected chi connectivity index (χ4v) is 2.57. The van der Waals surface area contributed by atoms with Crippen LogP contribution in [0.15, 0.2) is 0 Å². The van der Waals surface area contributed by atoms with Crippen LogP contribution in [-0.2, 0) is 14.3 Å². The van der Waals surface area contributed by atoms with E-state index in [2.05, 4.69) is 23.9 Å². The molecule has 0 heterocycles. The molecule has 5 nitrogen and oxygen atoms in total. The predicted molar refractivity (Wildman–Crippen MR) is 66.8 cm³/mol. The third-order valence-corrected chi connectivity index (χ3v) is 3.81. The number of hydrogen-bond donors (Lipinski definition) is 2. The molecule has 0 aliphatic heterocycles. The number of carbonyl (C=O) groups is 2. The van der Waals surface area contributed by atoms with Gasteiger partial charge in [-0.1, -0.05) is 26.7 Å². The first-order chi connectivity index (χ1) is 8.42. The molecule has 0 aromatic carbocycles. The van der Waals surface area contributed by atoms with Crippen LogP contribution in [0.5, 0.6) is 0 Å². The van der Waals surface area contributed by atoms with E-state index in [4.69, 9.17) is 5.11 Å². The minimum absolute atomic E-state index is 0.0571. The Morgan fingerprint density at radius 2 is 2.11 bits per heavy atom. The Labute approximate surface area is 108 Å². The molecule has 0 aromatic heterocycles. The van der Waals surface area contributed by atoms with Crippen LogP contribution in [-0.4, -0.2) is 36.7 Å². The van der Waals surface area contributed by atoms with Crippen LogP contribution in [0.25, 0.3) is 0 Å². The molecule has 2 unspecified atom stereocenters. The average Bonchev–Trinajstić information content (AvgIpc) is 2.34. The molecule has 1 amide bonds. The summed E-state index contributed by atoms with van der Waals surface area (Å²) in [5.41, 5.74) is -0.0571. The second kappa shape index (κ2) is 6.18. The van der Waals surface area contributed by atoms with Crippen LogP contribution >= 0.6 is 0 Å². The summed E-state index contributed by atoms with van der Waals surface area (Å²) in [4.78, 5) is 23.5. The fraction of sp³-hybridized carbons (Fsp3) is 0.846. The quantitative estimate of drug-likeness (QED) is 0.732. The maximum Gasteiger partial charge on any atom is 0.330 e. The molecular formula is C13H23NO4. The molecule has 18 heavy (non-hydrogen) atoms. The van der Waals surface area contributed by atoms with Gasteiger partial charge in [0.05, 0.1) is 13.7 Å². The Kier molecular flexibility index (Phi) is 5.14. The van der Waals surface area contributed by atoms with Crippen LogP contribution in [0.4, 0.5) is 0 Å². The maximum absolute atomic E-state index is 12.2. The van der Waals surface area contributed by atoms with Crippen molar-refractivity contribution in [3.05, 3.63) is 0 Å². The van der Waals surface area contributed by atoms with Gasteiger partial charge in [0.15, 0.2) is 6.04 Å². The summed E-state index contributed by atoms with van der Waals surface area (Å²) >= 11 is 0. The minimum atomic E-state index is -0.958. The molecule has 2 N–H and O–H groups in total. The summed E-state index contributed by atoms with van der Waals surface area (Å²) in [6, 6.07) is -0.958. The van der Waals surface area contributed by atoms with Crippen LogP contribution in [0.2, 0.25) is 0 Å². The lowest BCUT2D eigenvalue weighted by atomic mass is 9.68. The summed E-state index contributed by atoms with van der Waals surface area (Å²) in [5.74, 6) is -0.881. The van der Waals surface area contributed by atoms with Crippen molar-refractivity contribution in [3.8, 4) is 0 Å². The molecule has 0 aromatic rings. The highest BCUT2D eigenvalue weighted by Gasteiger charge is 2.38. The van der Waals surface area contributed by atoms with Crippen molar-refractivity contribution < 1.29 is 19.4 Å². The topological polar surface area (TPSA) is 75.6 Å². The molecule has 1 rings (SSSR count). The molecule has 2 atom stereocenters. The summed E-state index contributed by atoms with van der Waals surface area (Å²) < 4.78 is 4.53. The molecule has 0 radical (unpaired) electrons. The lowest BCUT2D eigenvalue weighted by molar-refractivity contribution is -0.147. The zero-order valence-electron chi connectivity index (χ0n) is 11.4. The van der Waals surface area contributed by atoms with Gasteiger partial charge in [-0.15, -0.1) is 0 Å². The standard InChI is InChI=1S/C13H23NO4/c1-13(2)7-5-4-6-9(13)11(16)14-10(8-15)12(17)18-3/h9-10,15H,4-8H2,1-3H3,(H,14,16). The highest BCUT2D eigenvalue weighted by Crippen LogP contribution is 2.40. The van der Waals surface area contributed by atoms with Gasteiger partial charge >= 0.3 is 5.97 Å². The number of rotatable bonds is 4. The van der Waals surface area contributed by atoms with Crippen molar-refractivity contribution in [2.24, 2.45) is 11.3 Å². The first-order valence-corrected chi connectivity index (χ1v) is 6.41. The average molecular weight is 257 g/mol. The molecule has 1 aliphatic carbocycles. The van der Waals surface area contributed by atoms with E-state index < -0.39 is 18.6 Å². The van der Waals surface area contributed by atoms with Crippen LogP contribution < -0.4 is 5.32 Å². The fourth-order valence-electron chi connectivity index (χ4n) is 2.57. The van der Waals surface area contributed by atoms with Gasteiger partial charge < -0.3 is 15.2 Å². The third-order valence-electron chi connectivity index (χ3n) is 3.81. The zero-order chi connectivity index (χ0) is 13.8. The molecule has 0 bridgehead atoms. The Balaban J connectivity index is 2.66.